The molecule has 6 nitrogen and oxygen atoms in total. The van der Waals surface area contributed by atoms with Crippen LogP contribution < -0.4 is 4.74 Å². The lowest BCUT2D eigenvalue weighted by Crippen LogP contribution is -2.37. The van der Waals surface area contributed by atoms with Gasteiger partial charge in [0.05, 0.1) is 29.2 Å². The van der Waals surface area contributed by atoms with Crippen LogP contribution in [0.2, 0.25) is 0 Å². The number of nitrogens with zero attached hydrogens (tertiary/aromatic N) is 3. The lowest BCUT2D eigenvalue weighted by Gasteiger charge is -2.28. The molecule has 2 atom stereocenters. The molecule has 0 radical (unpaired) electrons. The fraction of sp³-hybridized carbons (Fsp3) is 0.483. The Kier molecular flexibility index (Phi) is 9.50. The van der Waals surface area contributed by atoms with Crippen molar-refractivity contribution >= 4 is 0 Å². The molecule has 1 aliphatic rings. The van der Waals surface area contributed by atoms with Crippen molar-refractivity contribution in [1.82, 2.24) is 14.7 Å². The fourth-order valence-corrected chi connectivity index (χ4v) is 4.73. The molecule has 7 heteroatoms. The molecule has 1 aromatic heterocycles. The van der Waals surface area contributed by atoms with Crippen molar-refractivity contribution in [3.8, 4) is 17.3 Å². The van der Waals surface area contributed by atoms with E-state index in [9.17, 15) is 9.50 Å². The number of aryl methyl sites for hydroxylation is 1. The van der Waals surface area contributed by atoms with Gasteiger partial charge < -0.3 is 14.6 Å². The molecule has 0 bridgehead atoms. The molecule has 0 amide bonds. The highest BCUT2D eigenvalue weighted by molar-refractivity contribution is 5.44. The van der Waals surface area contributed by atoms with E-state index in [-0.39, 0.29) is 11.9 Å². The lowest BCUT2D eigenvalue weighted by atomic mass is 10.1. The molecule has 0 unspecified atom stereocenters. The van der Waals surface area contributed by atoms with Gasteiger partial charge in [-0.15, -0.1) is 0 Å². The maximum absolute atomic E-state index is 14.6. The maximum Gasteiger partial charge on any atom is 0.227 e. The molecule has 1 fully saturated rings. The zero-order chi connectivity index (χ0) is 25.3. The molecule has 1 aliphatic heterocycles. The summed E-state index contributed by atoms with van der Waals surface area (Å²) in [5, 5.41) is 15.7. The van der Waals surface area contributed by atoms with Gasteiger partial charge in [-0.3, -0.25) is 4.90 Å². The smallest absolute Gasteiger partial charge is 0.227 e. The average molecular weight is 496 g/mol. The molecule has 1 saturated heterocycles. The monoisotopic (exact) mass is 495 g/mol. The van der Waals surface area contributed by atoms with Gasteiger partial charge in [-0.25, -0.2) is 9.07 Å². The van der Waals surface area contributed by atoms with E-state index >= 15 is 0 Å². The Labute approximate surface area is 213 Å². The number of aliphatic hydroxyl groups excluding tert-OH is 1. The minimum absolute atomic E-state index is 0.147. The summed E-state index contributed by atoms with van der Waals surface area (Å²) >= 11 is 0. The van der Waals surface area contributed by atoms with Crippen molar-refractivity contribution in [1.29, 1.82) is 0 Å². The van der Waals surface area contributed by atoms with Gasteiger partial charge in [-0.1, -0.05) is 57.0 Å². The van der Waals surface area contributed by atoms with Gasteiger partial charge in [-0.2, -0.15) is 5.10 Å². The average Bonchev–Trinajstić information content (AvgIpc) is 3.52. The topological polar surface area (TPSA) is 59.8 Å². The number of ether oxygens (including phenoxy) is 2. The standard InChI is InChI=1S/C29H38FN3O3/c1-3-5-14-23(34)19-32(20-24-15-11-18-35-24)21-25-27(4-2)31-33(22-12-7-6-8-13-22)29(25)36-28-17-10-9-16-26(28)30/h6-10,12-13,16-17,23-24,34H,3-5,11,14-15,18-21H2,1-2H3/t23-,24+/m1/s1. The van der Waals surface area contributed by atoms with E-state index in [1.165, 1.54) is 6.07 Å². The van der Waals surface area contributed by atoms with E-state index in [0.717, 1.165) is 62.2 Å². The van der Waals surface area contributed by atoms with E-state index in [2.05, 4.69) is 18.7 Å². The molecule has 3 aromatic rings. The summed E-state index contributed by atoms with van der Waals surface area (Å²) in [6, 6.07) is 16.2. The van der Waals surface area contributed by atoms with Crippen molar-refractivity contribution in [3.05, 3.63) is 71.7 Å². The Balaban J connectivity index is 1.70. The number of para-hydroxylation sites is 2. The SMILES string of the molecule is CCCC[C@@H](O)CN(Cc1c(CC)nn(-c2ccccc2)c1Oc1ccccc1F)C[C@@H]1CCCO1. The van der Waals surface area contributed by atoms with Crippen molar-refractivity contribution in [2.75, 3.05) is 19.7 Å². The van der Waals surface area contributed by atoms with Crippen LogP contribution in [0.15, 0.2) is 54.6 Å². The molecular weight excluding hydrogens is 457 g/mol. The third-order valence-corrected chi connectivity index (χ3v) is 6.63. The van der Waals surface area contributed by atoms with Crippen LogP contribution in [0.4, 0.5) is 4.39 Å². The molecule has 36 heavy (non-hydrogen) atoms. The quantitative estimate of drug-likeness (QED) is 0.320. The van der Waals surface area contributed by atoms with Crippen molar-refractivity contribution in [2.24, 2.45) is 0 Å². The van der Waals surface area contributed by atoms with E-state index in [1.54, 1.807) is 22.9 Å². The van der Waals surface area contributed by atoms with Gasteiger partial charge in [0.1, 0.15) is 0 Å². The summed E-state index contributed by atoms with van der Waals surface area (Å²) in [5.74, 6) is 0.240. The van der Waals surface area contributed by atoms with Crippen LogP contribution >= 0.6 is 0 Å². The van der Waals surface area contributed by atoms with Gasteiger partial charge in [0, 0.05) is 26.2 Å². The predicted molar refractivity (Wildman–Crippen MR) is 139 cm³/mol. The predicted octanol–water partition coefficient (Wildman–Crippen LogP) is 5.90. The van der Waals surface area contributed by atoms with Crippen molar-refractivity contribution in [2.45, 2.75) is 71.1 Å². The summed E-state index contributed by atoms with van der Waals surface area (Å²) in [6.45, 7) is 6.78. The molecule has 1 N–H and O–H groups in total. The number of halogens is 1. The summed E-state index contributed by atoms with van der Waals surface area (Å²) in [5.41, 5.74) is 2.65. The maximum atomic E-state index is 14.6. The highest BCUT2D eigenvalue weighted by atomic mass is 19.1. The first kappa shape index (κ1) is 26.3. The van der Waals surface area contributed by atoms with Crippen LogP contribution in [0, 0.1) is 5.82 Å². The minimum atomic E-state index is -0.423. The van der Waals surface area contributed by atoms with Gasteiger partial charge in [-0.05, 0) is 49.9 Å². The Morgan fingerprint density at radius 3 is 2.64 bits per heavy atom. The first-order valence-corrected chi connectivity index (χ1v) is 13.2. The molecule has 0 saturated carbocycles. The Morgan fingerprint density at radius 2 is 1.94 bits per heavy atom. The Hall–Kier alpha value is -2.74. The van der Waals surface area contributed by atoms with Gasteiger partial charge >= 0.3 is 0 Å². The van der Waals surface area contributed by atoms with Crippen LogP contribution in [-0.2, 0) is 17.7 Å². The number of rotatable bonds is 13. The summed E-state index contributed by atoms with van der Waals surface area (Å²) in [7, 11) is 0. The normalized spacial score (nSPS) is 16.5. The molecule has 2 heterocycles. The summed E-state index contributed by atoms with van der Waals surface area (Å²) in [4.78, 5) is 2.25. The molecule has 2 aromatic carbocycles. The first-order valence-electron chi connectivity index (χ1n) is 13.2. The van der Waals surface area contributed by atoms with E-state index < -0.39 is 11.9 Å². The van der Waals surface area contributed by atoms with Crippen molar-refractivity contribution in [3.63, 3.8) is 0 Å². The lowest BCUT2D eigenvalue weighted by molar-refractivity contribution is 0.0433. The number of aromatic nitrogens is 2. The third-order valence-electron chi connectivity index (χ3n) is 6.63. The molecule has 0 aliphatic carbocycles. The number of hydrogen-bond acceptors (Lipinski definition) is 5. The fourth-order valence-electron chi connectivity index (χ4n) is 4.73. The van der Waals surface area contributed by atoms with Crippen LogP contribution in [0.1, 0.15) is 57.2 Å². The van der Waals surface area contributed by atoms with Crippen LogP contribution in [-0.4, -0.2) is 51.7 Å². The van der Waals surface area contributed by atoms with Crippen molar-refractivity contribution < 1.29 is 19.0 Å². The first-order chi connectivity index (χ1) is 17.6. The van der Waals surface area contributed by atoms with Crippen LogP contribution in [0.5, 0.6) is 11.6 Å². The second-order valence-electron chi connectivity index (χ2n) is 9.49. The number of unbranched alkanes of at least 4 members (excludes halogenated alkanes) is 1. The van der Waals surface area contributed by atoms with Crippen LogP contribution in [0.25, 0.3) is 5.69 Å². The van der Waals surface area contributed by atoms with E-state index in [1.807, 2.05) is 30.3 Å². The molecular formula is C29H38FN3O3. The molecule has 0 spiro atoms. The number of aliphatic hydroxyl groups is 1. The van der Waals surface area contributed by atoms with Gasteiger partial charge in [0.2, 0.25) is 5.88 Å². The largest absolute Gasteiger partial charge is 0.435 e. The van der Waals surface area contributed by atoms with Gasteiger partial charge in [0.25, 0.3) is 0 Å². The van der Waals surface area contributed by atoms with Crippen LogP contribution in [0.3, 0.4) is 0 Å². The minimum Gasteiger partial charge on any atom is -0.435 e. The molecule has 4 rings (SSSR count). The third kappa shape index (κ3) is 6.72. The summed E-state index contributed by atoms with van der Waals surface area (Å²) in [6.07, 6.45) is 5.31. The second kappa shape index (κ2) is 13.0. The second-order valence-corrected chi connectivity index (χ2v) is 9.49. The Bertz CT molecular complexity index is 1080. The summed E-state index contributed by atoms with van der Waals surface area (Å²) < 4.78 is 28.6. The number of hydrogen-bond donors (Lipinski definition) is 1. The Morgan fingerprint density at radius 1 is 1.17 bits per heavy atom. The highest BCUT2D eigenvalue weighted by Gasteiger charge is 2.27. The van der Waals surface area contributed by atoms with E-state index in [0.29, 0.717) is 25.4 Å². The zero-order valence-electron chi connectivity index (χ0n) is 21.4. The zero-order valence-corrected chi connectivity index (χ0v) is 21.4. The highest BCUT2D eigenvalue weighted by Crippen LogP contribution is 2.33. The van der Waals surface area contributed by atoms with Gasteiger partial charge in [0.15, 0.2) is 11.6 Å². The van der Waals surface area contributed by atoms with E-state index in [4.69, 9.17) is 14.6 Å². The number of benzene rings is 2. The molecule has 194 valence electrons.